The van der Waals surface area contributed by atoms with Gasteiger partial charge < -0.3 is 96.5 Å². The number of carbonyl (C=O) groups excluding carboxylic acids is 13. The van der Waals surface area contributed by atoms with Crippen molar-refractivity contribution in [2.45, 2.75) is 221 Å². The number of aliphatic hydroxyl groups is 2. The van der Waals surface area contributed by atoms with Gasteiger partial charge in [0.05, 0.1) is 43.1 Å². The molecule has 5 heterocycles. The Balaban J connectivity index is 0.000000484. The van der Waals surface area contributed by atoms with Crippen LogP contribution in [0.4, 0.5) is 11.4 Å². The zero-order chi connectivity index (χ0) is 89.6. The number of aryl methyl sites for hydroxylation is 1. The number of benzene rings is 4. The van der Waals surface area contributed by atoms with Crippen LogP contribution in [-0.2, 0) is 68.6 Å². The predicted octanol–water partition coefficient (Wildman–Crippen LogP) is 3.65. The highest BCUT2D eigenvalue weighted by atomic mass is 16.6. The number of aliphatic hydroxyl groups excluding tert-OH is 2. The number of rotatable bonds is 18. The Morgan fingerprint density at radius 3 is 1.51 bits per heavy atom. The van der Waals surface area contributed by atoms with Gasteiger partial charge in [-0.25, -0.2) is 14.6 Å². The average Bonchev–Trinajstić information content (AvgIpc) is 1.43. The van der Waals surface area contributed by atoms with Gasteiger partial charge in [0.15, 0.2) is 11.3 Å². The highest BCUT2D eigenvalue weighted by Crippen LogP contribution is 2.39. The number of aromatic nitrogens is 1. The van der Waals surface area contributed by atoms with E-state index in [0.717, 1.165) is 47.8 Å². The number of carbonyl (C=O) groups is 13. The maximum Gasteiger partial charge on any atom is 0.329 e. The smallest absolute Gasteiger partial charge is 0.329 e. The molecule has 0 aromatic heterocycles. The Labute approximate surface area is 706 Å². The van der Waals surface area contributed by atoms with Gasteiger partial charge in [-0.3, -0.25) is 57.5 Å². The number of nitrogens with one attached hydrogen (secondary N) is 7. The molecule has 0 radical (unpaired) electrons. The lowest BCUT2D eigenvalue weighted by Gasteiger charge is -2.36. The van der Waals surface area contributed by atoms with Crippen molar-refractivity contribution in [1.82, 2.24) is 66.3 Å². The van der Waals surface area contributed by atoms with Gasteiger partial charge in [0.1, 0.15) is 71.8 Å². The van der Waals surface area contributed by atoms with Crippen molar-refractivity contribution in [2.75, 3.05) is 91.7 Å². The van der Waals surface area contributed by atoms with E-state index in [1.165, 1.54) is 110 Å². The summed E-state index contributed by atoms with van der Waals surface area (Å²) in [5, 5.41) is 37.8. The van der Waals surface area contributed by atoms with E-state index >= 15 is 9.59 Å². The third-order valence-electron chi connectivity index (χ3n) is 23.1. The quantitative estimate of drug-likeness (QED) is 0.0254. The van der Waals surface area contributed by atoms with Crippen LogP contribution in [0.25, 0.3) is 33.7 Å². The Hall–Kier alpha value is -11.0. The summed E-state index contributed by atoms with van der Waals surface area (Å²) >= 11 is 0. The van der Waals surface area contributed by atoms with E-state index < -0.39 is 191 Å². The number of ether oxygens (including phenoxy) is 2. The zero-order valence-electron chi connectivity index (χ0n) is 73.1. The molecule has 3 aromatic rings. The van der Waals surface area contributed by atoms with E-state index in [1.54, 1.807) is 62.3 Å². The molecule has 0 saturated carbocycles. The maximum atomic E-state index is 15.2. The van der Waals surface area contributed by atoms with Gasteiger partial charge >= 0.3 is 11.9 Å². The third-order valence-corrected chi connectivity index (χ3v) is 23.1. The molecule has 34 nitrogen and oxygen atoms in total. The molecule has 5 aliphatic heterocycles. The molecule has 11 amide bonds. The van der Waals surface area contributed by atoms with Crippen LogP contribution >= 0.6 is 0 Å². The second-order valence-electron chi connectivity index (χ2n) is 33.4. The number of nitrogens with two attached hydrogens (primary N) is 1. The SMILES string of the molecule is CC(=O)Nc1ccc2c(c1)Cc1ccccc1-2.CC[C@@H](CO)NCCN[C@@H](CC)CO.Cc1c2oc3c(C)ccc(C(=O)N[C@@H]4C(=O)N[C@H](C(C)C)C(=O)N5CCC[C@H]5C(=O)N(C)CC(=O)N(C)[C@@H](C(C)C)C(=O)O[C@@H]4C)c3nc-2c(C(=O)N[C@@H]2C(=O)N[C@H](C(C)C)C(=O)N3CCC[C@H]3C(=O)N(C)CC(=O)N(C)[C@@H](C(C)C)C(=O)O[C@@H]2C)c(N)c1=O. The monoisotopic (exact) mass is 1680 g/mol. The highest BCUT2D eigenvalue weighted by molar-refractivity contribution is 6.11. The first-order valence-corrected chi connectivity index (χ1v) is 41.7. The number of amides is 11. The minimum atomic E-state index is -1.88. The normalized spacial score (nSPS) is 23.0. The van der Waals surface area contributed by atoms with E-state index in [2.05, 4.69) is 73.6 Å². The first-order chi connectivity index (χ1) is 57.1. The molecule has 0 unspecified atom stereocenters. The van der Waals surface area contributed by atoms with Crippen molar-refractivity contribution < 1.29 is 86.4 Å². The summed E-state index contributed by atoms with van der Waals surface area (Å²) in [6.07, 6.45) is 1.18. The predicted molar refractivity (Wildman–Crippen MR) is 453 cm³/mol. The zero-order valence-corrected chi connectivity index (χ0v) is 73.1. The first-order valence-electron chi connectivity index (χ1n) is 41.7. The van der Waals surface area contributed by atoms with E-state index in [-0.39, 0.29) is 85.1 Å². The molecule has 0 spiro atoms. The number of anilines is 2. The minimum absolute atomic E-state index is 0.0274. The van der Waals surface area contributed by atoms with Gasteiger partial charge in [0.2, 0.25) is 58.6 Å². The van der Waals surface area contributed by atoms with Crippen LogP contribution in [0.2, 0.25) is 0 Å². The largest absolute Gasteiger partial charge is 0.458 e. The molecule has 12 atom stereocenters. The number of nitrogens with zero attached hydrogens (tertiary/aromatic N) is 7. The molecule has 3 aromatic carbocycles. The van der Waals surface area contributed by atoms with Crippen molar-refractivity contribution in [3.63, 3.8) is 0 Å². The lowest BCUT2D eigenvalue weighted by molar-refractivity contribution is -0.163. The molecule has 121 heavy (non-hydrogen) atoms. The fourth-order valence-corrected chi connectivity index (χ4v) is 15.9. The van der Waals surface area contributed by atoms with E-state index in [1.807, 2.05) is 19.9 Å². The molecule has 660 valence electrons. The van der Waals surface area contributed by atoms with E-state index in [0.29, 0.717) is 18.4 Å². The summed E-state index contributed by atoms with van der Waals surface area (Å²) in [6.45, 7) is 26.0. The molecule has 2 aliphatic carbocycles. The summed E-state index contributed by atoms with van der Waals surface area (Å²) < 4.78 is 18.3. The van der Waals surface area contributed by atoms with Crippen LogP contribution in [-0.4, -0.2) is 275 Å². The van der Waals surface area contributed by atoms with E-state index in [9.17, 15) is 57.5 Å². The molecule has 34 heteroatoms. The highest BCUT2D eigenvalue weighted by Gasteiger charge is 2.47. The number of hydrogen-bond acceptors (Lipinski definition) is 23. The number of likely N-dealkylation sites (N-methyl/N-ethyl adjacent to an activating group) is 4. The molecule has 0 bridgehead atoms. The van der Waals surface area contributed by atoms with Crippen molar-refractivity contribution in [2.24, 2.45) is 23.7 Å². The molecular weight excluding hydrogens is 1560 g/mol. The van der Waals surface area contributed by atoms with Crippen molar-refractivity contribution in [3.8, 4) is 22.6 Å². The summed E-state index contributed by atoms with van der Waals surface area (Å²) in [7, 11) is 5.59. The molecule has 7 aliphatic rings. The third kappa shape index (κ3) is 22.2. The van der Waals surface area contributed by atoms with Gasteiger partial charge in [-0.1, -0.05) is 106 Å². The van der Waals surface area contributed by atoms with Crippen LogP contribution in [0.3, 0.4) is 0 Å². The van der Waals surface area contributed by atoms with Crippen LogP contribution in [0.1, 0.15) is 172 Å². The van der Waals surface area contributed by atoms with Crippen LogP contribution in [0, 0.1) is 37.5 Å². The standard InChI is InChI=1S/C62H86N12O16.C15H13NO.C10H24N2O2/c1-27(2)42-59(84)73-23-17-19-36(73)57(82)69(13)25-38(75)71(15)48(29(5)6)61(86)88-33(11)44(55(80)65-42)67-53(78)35-22-21-31(9)51-46(35)64-47-40(41(63)50(77)32(10)52(47)90-51)54(79)68-45-34(12)89-62(87)49(30(7)8)72(16)39(76)26-70(14)58(83)37-20-18-24-74(37)60(85)43(28(3)4)66-56(45)81;1-10(17)16-13-6-7-15-12(9-13)8-11-4-2-3-5-14(11)15;1-3-9(7-13)11-5-6-12-10(4-2)8-14/h21-22,27-30,33-34,36-37,42-45,48-49H,17-20,23-26,63H2,1-16H3,(H,65,80)(H,66,81)(H,67,78)(H,68,79);2-7,9H,8H2,1H3,(H,16,17);9-14H,3-8H2,1-2H3/t33-,34-,36+,37+,42-,43-,44+,45+,48+,49+;;9-,10-/m1.0/s1. The van der Waals surface area contributed by atoms with Crippen LogP contribution in [0.5, 0.6) is 0 Å². The molecule has 11 N–H and O–H groups in total. The topological polar surface area (TPSA) is 454 Å². The van der Waals surface area contributed by atoms with Crippen molar-refractivity contribution in [3.05, 3.63) is 98.2 Å². The van der Waals surface area contributed by atoms with E-state index in [4.69, 9.17) is 34.8 Å². The second kappa shape index (κ2) is 42.0. The van der Waals surface area contributed by atoms with Gasteiger partial charge in [-0.2, -0.15) is 0 Å². The second-order valence-corrected chi connectivity index (χ2v) is 33.4. The summed E-state index contributed by atoms with van der Waals surface area (Å²) in [4.78, 5) is 210. The van der Waals surface area contributed by atoms with Crippen molar-refractivity contribution >= 4 is 99.4 Å². The summed E-state index contributed by atoms with van der Waals surface area (Å²) in [5.41, 5.74) is 9.70. The first kappa shape index (κ1) is 95.5. The van der Waals surface area contributed by atoms with Crippen molar-refractivity contribution in [1.29, 1.82) is 0 Å². The average molecular weight is 1680 g/mol. The van der Waals surface area contributed by atoms with Crippen LogP contribution in [0.15, 0.2) is 63.8 Å². The number of hydrogen-bond donors (Lipinski definition) is 10. The van der Waals surface area contributed by atoms with Crippen LogP contribution < -0.4 is 48.4 Å². The Morgan fingerprint density at radius 1 is 0.603 bits per heavy atom. The number of esters is 2. The lowest BCUT2D eigenvalue weighted by atomic mass is 9.98. The number of fused-ring (bicyclic) bond motifs is 7. The fraction of sp³-hybridized carbons (Fsp3) is 0.575. The molecule has 4 saturated heterocycles. The van der Waals surface area contributed by atoms with Gasteiger partial charge in [0.25, 0.3) is 11.8 Å². The van der Waals surface area contributed by atoms with Gasteiger partial charge in [-0.15, -0.1) is 0 Å². The van der Waals surface area contributed by atoms with Gasteiger partial charge in [0, 0.05) is 84.6 Å². The van der Waals surface area contributed by atoms with Gasteiger partial charge in [-0.05, 0) is 142 Å². The maximum absolute atomic E-state index is 15.2. The fourth-order valence-electron chi connectivity index (χ4n) is 15.9. The Kier molecular flexibility index (Phi) is 33.2. The molecule has 4 fully saturated rings. The number of cyclic esters (lactones) is 2. The summed E-state index contributed by atoms with van der Waals surface area (Å²) in [6, 6.07) is 7.06. The lowest BCUT2D eigenvalue weighted by Crippen LogP contribution is -2.61. The minimum Gasteiger partial charge on any atom is -0.458 e. The molecular formula is C87H123N15O19. The molecule has 10 rings (SSSR count). The Bertz CT molecular complexity index is 4680. The summed E-state index contributed by atoms with van der Waals surface area (Å²) in [5.74, 6) is -12.4. The Morgan fingerprint density at radius 2 is 1.07 bits per heavy atom. The number of nitrogen functional groups attached to an aromatic ring is 1.